The van der Waals surface area contributed by atoms with Crippen molar-refractivity contribution in [1.29, 1.82) is 0 Å². The summed E-state index contributed by atoms with van der Waals surface area (Å²) < 4.78 is 0.931. The van der Waals surface area contributed by atoms with Crippen molar-refractivity contribution in [2.24, 2.45) is 5.92 Å². The Labute approximate surface area is 103 Å². The maximum absolute atomic E-state index is 11.5. The Bertz CT molecular complexity index is 376. The molecule has 0 aliphatic heterocycles. The maximum Gasteiger partial charge on any atom is 0.229 e. The average molecular weight is 257 g/mol. The van der Waals surface area contributed by atoms with E-state index in [9.17, 15) is 4.79 Å². The lowest BCUT2D eigenvalue weighted by Crippen LogP contribution is -2.12. The number of hydrogen-bond donors (Lipinski definition) is 1. The highest BCUT2D eigenvalue weighted by Crippen LogP contribution is 2.33. The van der Waals surface area contributed by atoms with E-state index in [1.54, 1.807) is 11.8 Å². The van der Waals surface area contributed by atoms with E-state index in [1.807, 2.05) is 0 Å². The number of nitrogens with zero attached hydrogens (tertiary/aromatic N) is 2. The summed E-state index contributed by atoms with van der Waals surface area (Å²) in [5, 5.41) is 12.0. The van der Waals surface area contributed by atoms with Gasteiger partial charge < -0.3 is 5.32 Å². The molecule has 88 valence electrons. The molecule has 1 saturated carbocycles. The van der Waals surface area contributed by atoms with Crippen LogP contribution in [0.4, 0.5) is 5.13 Å². The molecule has 1 amide bonds. The smallest absolute Gasteiger partial charge is 0.229 e. The molecule has 16 heavy (non-hydrogen) atoms. The highest BCUT2D eigenvalue weighted by molar-refractivity contribution is 8.01. The van der Waals surface area contributed by atoms with Crippen LogP contribution in [0.1, 0.15) is 33.1 Å². The predicted octanol–water partition coefficient (Wildman–Crippen LogP) is 2.78. The zero-order valence-corrected chi connectivity index (χ0v) is 11.0. The van der Waals surface area contributed by atoms with Gasteiger partial charge in [-0.25, -0.2) is 0 Å². The van der Waals surface area contributed by atoms with Crippen LogP contribution in [0.3, 0.4) is 0 Å². The number of carbonyl (C=O) groups is 1. The number of rotatable bonds is 5. The summed E-state index contributed by atoms with van der Waals surface area (Å²) in [6.45, 7) is 4.31. The molecule has 0 radical (unpaired) electrons. The highest BCUT2D eigenvalue weighted by atomic mass is 32.2. The number of aromatic nitrogens is 2. The van der Waals surface area contributed by atoms with Crippen molar-refractivity contribution in [3.8, 4) is 0 Å². The van der Waals surface area contributed by atoms with Crippen LogP contribution in [-0.2, 0) is 4.79 Å². The molecular weight excluding hydrogens is 242 g/mol. The predicted molar refractivity (Wildman–Crippen MR) is 66.9 cm³/mol. The number of amides is 1. The normalized spacial score (nSPS) is 17.1. The molecule has 0 bridgehead atoms. The second kappa shape index (κ2) is 5.14. The fraction of sp³-hybridized carbons (Fsp3) is 0.700. The van der Waals surface area contributed by atoms with E-state index in [-0.39, 0.29) is 11.8 Å². The summed E-state index contributed by atoms with van der Waals surface area (Å²) in [6.07, 6.45) is 3.13. The monoisotopic (exact) mass is 257 g/mol. The Morgan fingerprint density at radius 2 is 2.38 bits per heavy atom. The van der Waals surface area contributed by atoms with Gasteiger partial charge in [-0.1, -0.05) is 36.9 Å². The van der Waals surface area contributed by atoms with E-state index in [1.165, 1.54) is 11.3 Å². The van der Waals surface area contributed by atoms with Crippen molar-refractivity contribution >= 4 is 34.1 Å². The number of thioether (sulfide) groups is 1. The quantitative estimate of drug-likeness (QED) is 0.651. The van der Waals surface area contributed by atoms with Crippen molar-refractivity contribution in [2.75, 3.05) is 5.32 Å². The molecule has 1 N–H and O–H groups in total. The summed E-state index contributed by atoms with van der Waals surface area (Å²) in [5.74, 6) is 0.311. The lowest BCUT2D eigenvalue weighted by Gasteiger charge is -2.02. The lowest BCUT2D eigenvalue weighted by molar-refractivity contribution is -0.117. The van der Waals surface area contributed by atoms with Crippen molar-refractivity contribution in [2.45, 2.75) is 42.7 Å². The Kier molecular flexibility index (Phi) is 3.81. The largest absolute Gasteiger partial charge is 0.300 e. The summed E-state index contributed by atoms with van der Waals surface area (Å²) in [4.78, 5) is 11.5. The standard InChI is InChI=1S/C10H15N3OS2/c1-3-6(2)15-10-13-12-9(16-10)11-8(14)7-4-5-7/h6-7H,3-5H2,1-2H3,(H,11,12,14)/t6-/m1/s1. The summed E-state index contributed by atoms with van der Waals surface area (Å²) in [6, 6.07) is 0. The minimum absolute atomic E-state index is 0.0937. The van der Waals surface area contributed by atoms with Crippen LogP contribution in [-0.4, -0.2) is 21.4 Å². The Morgan fingerprint density at radius 1 is 1.62 bits per heavy atom. The van der Waals surface area contributed by atoms with Crippen molar-refractivity contribution in [3.05, 3.63) is 0 Å². The molecule has 1 aliphatic rings. The van der Waals surface area contributed by atoms with Crippen LogP contribution in [0.25, 0.3) is 0 Å². The molecule has 1 fully saturated rings. The van der Waals surface area contributed by atoms with Gasteiger partial charge in [0.05, 0.1) is 0 Å². The third-order valence-electron chi connectivity index (χ3n) is 2.46. The molecule has 6 heteroatoms. The molecule has 1 heterocycles. The molecule has 1 aliphatic carbocycles. The Morgan fingerprint density at radius 3 is 3.00 bits per heavy atom. The van der Waals surface area contributed by atoms with Gasteiger partial charge in [0.2, 0.25) is 11.0 Å². The maximum atomic E-state index is 11.5. The Balaban J connectivity index is 1.88. The van der Waals surface area contributed by atoms with Gasteiger partial charge in [0, 0.05) is 11.2 Å². The molecule has 0 saturated heterocycles. The van der Waals surface area contributed by atoms with Gasteiger partial charge in [0.15, 0.2) is 4.34 Å². The SMILES string of the molecule is CC[C@@H](C)Sc1nnc(NC(=O)C2CC2)s1. The van der Waals surface area contributed by atoms with Crippen LogP contribution in [0.15, 0.2) is 4.34 Å². The third kappa shape index (κ3) is 3.18. The van der Waals surface area contributed by atoms with E-state index in [0.717, 1.165) is 23.6 Å². The van der Waals surface area contributed by atoms with Crippen LogP contribution in [0, 0.1) is 5.92 Å². The first-order chi connectivity index (χ1) is 7.69. The zero-order valence-electron chi connectivity index (χ0n) is 9.40. The van der Waals surface area contributed by atoms with Gasteiger partial charge >= 0.3 is 0 Å². The minimum atomic E-state index is 0.0937. The molecule has 1 atom stereocenters. The van der Waals surface area contributed by atoms with Crippen molar-refractivity contribution in [3.63, 3.8) is 0 Å². The van der Waals surface area contributed by atoms with Gasteiger partial charge in [-0.05, 0) is 19.3 Å². The number of carbonyl (C=O) groups excluding carboxylic acids is 1. The van der Waals surface area contributed by atoms with E-state index < -0.39 is 0 Å². The second-order valence-corrected chi connectivity index (χ2v) is 6.64. The van der Waals surface area contributed by atoms with Crippen molar-refractivity contribution in [1.82, 2.24) is 10.2 Å². The van der Waals surface area contributed by atoms with Crippen LogP contribution in [0.5, 0.6) is 0 Å². The topological polar surface area (TPSA) is 54.9 Å². The van der Waals surface area contributed by atoms with E-state index in [0.29, 0.717) is 10.4 Å². The minimum Gasteiger partial charge on any atom is -0.300 e. The van der Waals surface area contributed by atoms with Gasteiger partial charge in [-0.3, -0.25) is 4.79 Å². The molecule has 1 aromatic heterocycles. The molecule has 0 unspecified atom stereocenters. The number of hydrogen-bond acceptors (Lipinski definition) is 5. The highest BCUT2D eigenvalue weighted by Gasteiger charge is 2.30. The molecule has 4 nitrogen and oxygen atoms in total. The first-order valence-electron chi connectivity index (χ1n) is 5.50. The second-order valence-electron chi connectivity index (χ2n) is 3.97. The fourth-order valence-electron chi connectivity index (χ4n) is 1.12. The third-order valence-corrected chi connectivity index (χ3v) is 4.65. The zero-order chi connectivity index (χ0) is 11.5. The van der Waals surface area contributed by atoms with Crippen LogP contribution >= 0.6 is 23.1 Å². The molecule has 1 aromatic rings. The number of nitrogens with one attached hydrogen (secondary N) is 1. The molecule has 0 aromatic carbocycles. The van der Waals surface area contributed by atoms with E-state index >= 15 is 0 Å². The Hall–Kier alpha value is -0.620. The molecule has 2 rings (SSSR count). The van der Waals surface area contributed by atoms with Crippen LogP contribution in [0.2, 0.25) is 0 Å². The first kappa shape index (κ1) is 11.9. The molecule has 0 spiro atoms. The van der Waals surface area contributed by atoms with Gasteiger partial charge in [-0.2, -0.15) is 0 Å². The number of anilines is 1. The lowest BCUT2D eigenvalue weighted by atomic mass is 10.4. The van der Waals surface area contributed by atoms with Crippen LogP contribution < -0.4 is 5.32 Å². The first-order valence-corrected chi connectivity index (χ1v) is 7.19. The van der Waals surface area contributed by atoms with Gasteiger partial charge in [0.1, 0.15) is 0 Å². The summed E-state index contributed by atoms with van der Waals surface area (Å²) in [7, 11) is 0. The summed E-state index contributed by atoms with van der Waals surface area (Å²) >= 11 is 3.17. The van der Waals surface area contributed by atoms with Crippen molar-refractivity contribution < 1.29 is 4.79 Å². The average Bonchev–Trinajstić information content (AvgIpc) is 3.03. The van der Waals surface area contributed by atoms with E-state index in [2.05, 4.69) is 29.4 Å². The molecular formula is C10H15N3OS2. The van der Waals surface area contributed by atoms with E-state index in [4.69, 9.17) is 0 Å². The fourth-order valence-corrected chi connectivity index (χ4v) is 3.12. The summed E-state index contributed by atoms with van der Waals surface area (Å²) in [5.41, 5.74) is 0. The van der Waals surface area contributed by atoms with Gasteiger partial charge in [0.25, 0.3) is 0 Å². The van der Waals surface area contributed by atoms with Gasteiger partial charge in [-0.15, -0.1) is 10.2 Å².